The number of alkyl halides is 5. The Balaban J connectivity index is 0.000000355. The standard InChI is InChI=1S/C15H16F3N7O6S.C10H13F2N/c16-15(17,18)31-9-1-3-10(4-2-9)32(29,30)24-6-5-23(7-11(24)13(27)28)12(26)8-25-21-14(19)20-22-25;1-2-10(11,12)9-5-3-8(7-13)4-6-9/h1-4,11H,5-8H2,(H2,19,21)(H,27,28);3-6H,2,7,13H2,1H3/t11-;/m1./s1. The summed E-state index contributed by atoms with van der Waals surface area (Å²) < 4.78 is 93.2. The Morgan fingerprint density at radius 2 is 1.67 bits per heavy atom. The molecule has 1 aromatic heterocycles. The summed E-state index contributed by atoms with van der Waals surface area (Å²) in [6.45, 7) is 0.506. The maximum Gasteiger partial charge on any atom is 0.573 e. The van der Waals surface area contributed by atoms with Crippen molar-refractivity contribution in [1.29, 1.82) is 0 Å². The highest BCUT2D eigenvalue weighted by Crippen LogP contribution is 2.31. The summed E-state index contributed by atoms with van der Waals surface area (Å²) in [5.74, 6) is -5.61. The molecule has 246 valence electrons. The van der Waals surface area contributed by atoms with Gasteiger partial charge in [0.15, 0.2) is 0 Å². The Morgan fingerprint density at radius 1 is 1.04 bits per heavy atom. The number of aliphatic carboxylic acids is 1. The smallest absolute Gasteiger partial charge is 0.480 e. The molecule has 1 fully saturated rings. The molecule has 1 atom stereocenters. The molecular formula is C25H29F5N8O6S. The number of halogens is 5. The molecule has 0 bridgehead atoms. The van der Waals surface area contributed by atoms with E-state index in [0.717, 1.165) is 39.5 Å². The number of carboxylic acids is 1. The summed E-state index contributed by atoms with van der Waals surface area (Å²) in [6.07, 6.45) is -5.12. The lowest BCUT2D eigenvalue weighted by Gasteiger charge is -2.38. The molecule has 0 aliphatic carbocycles. The molecule has 14 nitrogen and oxygen atoms in total. The lowest BCUT2D eigenvalue weighted by molar-refractivity contribution is -0.274. The van der Waals surface area contributed by atoms with Crippen LogP contribution < -0.4 is 16.2 Å². The van der Waals surface area contributed by atoms with Crippen LogP contribution in [0, 0.1) is 0 Å². The van der Waals surface area contributed by atoms with Gasteiger partial charge >= 0.3 is 12.3 Å². The van der Waals surface area contributed by atoms with Crippen LogP contribution in [0.4, 0.5) is 27.9 Å². The van der Waals surface area contributed by atoms with Gasteiger partial charge in [0.1, 0.15) is 18.3 Å². The Hall–Kier alpha value is -4.43. The first-order valence-electron chi connectivity index (χ1n) is 13.1. The molecule has 2 aromatic carbocycles. The van der Waals surface area contributed by atoms with E-state index in [-0.39, 0.29) is 37.6 Å². The predicted octanol–water partition coefficient (Wildman–Crippen LogP) is 1.79. The number of sulfonamides is 1. The average molecular weight is 665 g/mol. The van der Waals surface area contributed by atoms with E-state index >= 15 is 0 Å². The number of carboxylic acid groups (broad SMARTS) is 1. The van der Waals surface area contributed by atoms with Crippen LogP contribution in [0.5, 0.6) is 5.75 Å². The molecule has 1 aliphatic heterocycles. The van der Waals surface area contributed by atoms with Crippen molar-refractivity contribution < 1.29 is 49.8 Å². The van der Waals surface area contributed by atoms with Gasteiger partial charge in [0.25, 0.3) is 11.9 Å². The first-order valence-corrected chi connectivity index (χ1v) is 14.5. The topological polar surface area (TPSA) is 200 Å². The minimum absolute atomic E-state index is 0.0622. The van der Waals surface area contributed by atoms with Gasteiger partial charge in [-0.15, -0.1) is 18.3 Å². The van der Waals surface area contributed by atoms with Gasteiger partial charge in [0, 0.05) is 38.2 Å². The molecule has 0 spiro atoms. The van der Waals surface area contributed by atoms with Gasteiger partial charge in [-0.3, -0.25) is 9.59 Å². The quantitative estimate of drug-likeness (QED) is 0.282. The first-order chi connectivity index (χ1) is 21.0. The van der Waals surface area contributed by atoms with Gasteiger partial charge in [-0.05, 0) is 35.0 Å². The average Bonchev–Trinajstić information content (AvgIpc) is 3.40. The Kier molecular flexibility index (Phi) is 11.0. The van der Waals surface area contributed by atoms with Crippen molar-refractivity contribution in [3.8, 4) is 5.75 Å². The van der Waals surface area contributed by atoms with Crippen molar-refractivity contribution in [2.75, 3.05) is 25.4 Å². The van der Waals surface area contributed by atoms with Crippen molar-refractivity contribution in [3.05, 3.63) is 59.7 Å². The third-order valence-corrected chi connectivity index (χ3v) is 8.36. The molecule has 0 unspecified atom stereocenters. The molecule has 4 rings (SSSR count). The van der Waals surface area contributed by atoms with E-state index in [1.54, 1.807) is 12.1 Å². The second kappa shape index (κ2) is 14.1. The van der Waals surface area contributed by atoms with E-state index in [0.29, 0.717) is 10.8 Å². The van der Waals surface area contributed by atoms with Gasteiger partial charge in [-0.25, -0.2) is 17.2 Å². The molecule has 1 amide bonds. The minimum Gasteiger partial charge on any atom is -0.480 e. The second-order valence-corrected chi connectivity index (χ2v) is 11.4. The van der Waals surface area contributed by atoms with E-state index in [4.69, 9.17) is 11.5 Å². The largest absolute Gasteiger partial charge is 0.573 e. The highest BCUT2D eigenvalue weighted by Gasteiger charge is 2.41. The number of aromatic nitrogens is 4. The SMILES string of the molecule is CCC(F)(F)c1ccc(CN)cc1.Nc1nnn(CC(=O)N2CCN(S(=O)(=O)c3ccc(OC(F)(F)F)cc3)[C@@H](C(=O)O)C2)n1. The fourth-order valence-electron chi connectivity index (χ4n) is 4.06. The monoisotopic (exact) mass is 664 g/mol. The Labute approximate surface area is 253 Å². The second-order valence-electron chi connectivity index (χ2n) is 9.47. The van der Waals surface area contributed by atoms with Crippen LogP contribution in [0.2, 0.25) is 0 Å². The number of hydrogen-bond acceptors (Lipinski definition) is 10. The number of carbonyl (C=O) groups is 2. The van der Waals surface area contributed by atoms with Crippen LogP contribution in [0.15, 0.2) is 53.4 Å². The normalized spacial score (nSPS) is 16.1. The van der Waals surface area contributed by atoms with Gasteiger partial charge in [0.2, 0.25) is 15.9 Å². The molecule has 2 heterocycles. The highest BCUT2D eigenvalue weighted by atomic mass is 32.2. The zero-order valence-electron chi connectivity index (χ0n) is 23.6. The lowest BCUT2D eigenvalue weighted by Crippen LogP contribution is -2.59. The van der Waals surface area contributed by atoms with Crippen LogP contribution in [0.1, 0.15) is 24.5 Å². The highest BCUT2D eigenvalue weighted by molar-refractivity contribution is 7.89. The van der Waals surface area contributed by atoms with Gasteiger partial charge < -0.3 is 26.2 Å². The minimum atomic E-state index is -4.95. The van der Waals surface area contributed by atoms with E-state index < -0.39 is 57.4 Å². The van der Waals surface area contributed by atoms with Crippen LogP contribution in [0.25, 0.3) is 0 Å². The maximum atomic E-state index is 13.1. The number of piperazine rings is 1. The van der Waals surface area contributed by atoms with Crippen molar-refractivity contribution in [2.24, 2.45) is 5.73 Å². The summed E-state index contributed by atoms with van der Waals surface area (Å²) in [4.78, 5) is 25.8. The third kappa shape index (κ3) is 9.28. The van der Waals surface area contributed by atoms with Crippen LogP contribution >= 0.6 is 0 Å². The molecule has 20 heteroatoms. The molecule has 0 radical (unpaired) electrons. The number of nitrogen functional groups attached to an aromatic ring is 1. The number of rotatable bonds is 9. The first kappa shape index (κ1) is 35.1. The zero-order chi connectivity index (χ0) is 33.6. The molecule has 5 N–H and O–H groups in total. The zero-order valence-corrected chi connectivity index (χ0v) is 24.4. The summed E-state index contributed by atoms with van der Waals surface area (Å²) >= 11 is 0. The number of amides is 1. The van der Waals surface area contributed by atoms with E-state index in [9.17, 15) is 45.1 Å². The Bertz CT molecular complexity index is 1570. The molecule has 45 heavy (non-hydrogen) atoms. The molecule has 0 saturated carbocycles. The third-order valence-electron chi connectivity index (χ3n) is 6.43. The number of anilines is 1. The lowest BCUT2D eigenvalue weighted by atomic mass is 10.0. The number of carbonyl (C=O) groups excluding carboxylic acids is 1. The summed E-state index contributed by atoms with van der Waals surface area (Å²) in [7, 11) is -4.40. The fourth-order valence-corrected chi connectivity index (χ4v) is 5.63. The van der Waals surface area contributed by atoms with Crippen molar-refractivity contribution in [1.82, 2.24) is 29.4 Å². The molecule has 1 aliphatic rings. The Morgan fingerprint density at radius 3 is 2.16 bits per heavy atom. The van der Waals surface area contributed by atoms with Gasteiger partial charge in [-0.2, -0.15) is 9.10 Å². The van der Waals surface area contributed by atoms with E-state index in [1.807, 2.05) is 0 Å². The van der Waals surface area contributed by atoms with Gasteiger partial charge in [0.05, 0.1) is 4.90 Å². The van der Waals surface area contributed by atoms with Crippen LogP contribution in [0.3, 0.4) is 0 Å². The molecular weight excluding hydrogens is 635 g/mol. The van der Waals surface area contributed by atoms with Crippen molar-refractivity contribution in [2.45, 2.75) is 49.7 Å². The van der Waals surface area contributed by atoms with Crippen molar-refractivity contribution >= 4 is 27.8 Å². The van der Waals surface area contributed by atoms with E-state index in [1.165, 1.54) is 19.1 Å². The number of tetrazole rings is 1. The number of nitrogens with two attached hydrogens (primary N) is 2. The maximum absolute atomic E-state index is 13.1. The van der Waals surface area contributed by atoms with E-state index in [2.05, 4.69) is 20.1 Å². The van der Waals surface area contributed by atoms with Crippen molar-refractivity contribution in [3.63, 3.8) is 0 Å². The fraction of sp³-hybridized carbons (Fsp3) is 0.400. The van der Waals surface area contributed by atoms with Crippen LogP contribution in [-0.4, -0.2) is 86.9 Å². The number of benzene rings is 2. The van der Waals surface area contributed by atoms with Gasteiger partial charge in [-0.1, -0.05) is 36.3 Å². The summed E-state index contributed by atoms with van der Waals surface area (Å²) in [5, 5.41) is 20.1. The number of nitrogens with zero attached hydrogens (tertiary/aromatic N) is 6. The summed E-state index contributed by atoms with van der Waals surface area (Å²) in [5.41, 5.74) is 11.6. The predicted molar refractivity (Wildman–Crippen MR) is 146 cm³/mol. The van der Waals surface area contributed by atoms with Crippen LogP contribution in [-0.2, 0) is 38.6 Å². The molecule has 3 aromatic rings. The number of hydrogen-bond donors (Lipinski definition) is 3. The molecule has 1 saturated heterocycles. The summed E-state index contributed by atoms with van der Waals surface area (Å²) in [6, 6.07) is 7.85. The number of ether oxygens (including phenoxy) is 1.